The molecule has 0 fully saturated rings. The third-order valence-corrected chi connectivity index (χ3v) is 4.11. The summed E-state index contributed by atoms with van der Waals surface area (Å²) in [6.45, 7) is 0. The van der Waals surface area contributed by atoms with Crippen LogP contribution in [0.2, 0.25) is 15.1 Å². The van der Waals surface area contributed by atoms with Crippen molar-refractivity contribution in [1.29, 1.82) is 0 Å². The minimum absolute atomic E-state index is 0.417. The van der Waals surface area contributed by atoms with Crippen molar-refractivity contribution in [2.45, 2.75) is 6.04 Å². The van der Waals surface area contributed by atoms with Crippen LogP contribution in [-0.4, -0.2) is 0 Å². The second kappa shape index (κ2) is 5.87. The largest absolute Gasteiger partial charge is 0.457 e. The van der Waals surface area contributed by atoms with Crippen LogP contribution in [0.1, 0.15) is 17.4 Å². The Morgan fingerprint density at radius 2 is 1.81 bits per heavy atom. The van der Waals surface area contributed by atoms with Gasteiger partial charge in [0.2, 0.25) is 0 Å². The quantitative estimate of drug-likeness (QED) is 0.524. The first-order valence-corrected chi connectivity index (χ1v) is 7.32. The smallest absolute Gasteiger partial charge is 0.152 e. The zero-order valence-corrected chi connectivity index (χ0v) is 13.0. The molecule has 0 amide bonds. The molecular weight excluding hydrogens is 331 g/mol. The number of fused-ring (bicyclic) bond motifs is 1. The Kier molecular flexibility index (Phi) is 4.11. The van der Waals surface area contributed by atoms with Gasteiger partial charge in [0.15, 0.2) is 5.58 Å². The lowest BCUT2D eigenvalue weighted by Crippen LogP contribution is -2.28. The highest BCUT2D eigenvalue weighted by molar-refractivity contribution is 6.35. The topological polar surface area (TPSA) is 51.2 Å². The predicted molar refractivity (Wildman–Crippen MR) is 86.9 cm³/mol. The molecular formula is C15H11Cl3N2O. The second-order valence-electron chi connectivity index (χ2n) is 4.57. The minimum atomic E-state index is -0.417. The van der Waals surface area contributed by atoms with Crippen molar-refractivity contribution in [2.24, 2.45) is 5.84 Å². The number of para-hydroxylation sites is 1. The van der Waals surface area contributed by atoms with Crippen molar-refractivity contribution in [3.63, 3.8) is 0 Å². The normalized spacial score (nSPS) is 12.8. The molecule has 0 saturated carbocycles. The molecule has 3 aromatic rings. The standard InChI is InChI=1S/C15H11Cl3N2O/c16-9-4-5-11(17)10(7-9)14(20-19)13-6-8-2-1-3-12(18)15(8)21-13/h1-7,14,20H,19H2. The lowest BCUT2D eigenvalue weighted by atomic mass is 10.0. The molecule has 1 heterocycles. The average molecular weight is 342 g/mol. The van der Waals surface area contributed by atoms with E-state index in [-0.39, 0.29) is 0 Å². The van der Waals surface area contributed by atoms with E-state index >= 15 is 0 Å². The fraction of sp³-hybridized carbons (Fsp3) is 0.0667. The van der Waals surface area contributed by atoms with Gasteiger partial charge in [0, 0.05) is 15.4 Å². The molecule has 0 radical (unpaired) electrons. The first kappa shape index (κ1) is 14.7. The van der Waals surface area contributed by atoms with Gasteiger partial charge in [0.05, 0.1) is 5.02 Å². The number of hydrazine groups is 1. The predicted octanol–water partition coefficient (Wildman–Crippen LogP) is 4.95. The number of rotatable bonds is 3. The molecule has 3 N–H and O–H groups in total. The molecule has 0 aliphatic heterocycles. The van der Waals surface area contributed by atoms with E-state index < -0.39 is 6.04 Å². The van der Waals surface area contributed by atoms with E-state index in [1.165, 1.54) is 0 Å². The highest BCUT2D eigenvalue weighted by atomic mass is 35.5. The SMILES string of the molecule is NNC(c1cc2cccc(Cl)c2o1)c1cc(Cl)ccc1Cl. The Balaban J connectivity index is 2.13. The molecule has 6 heteroatoms. The van der Waals surface area contributed by atoms with Gasteiger partial charge in [0.1, 0.15) is 11.8 Å². The summed E-state index contributed by atoms with van der Waals surface area (Å²) in [6.07, 6.45) is 0. The fourth-order valence-corrected chi connectivity index (χ4v) is 2.88. The van der Waals surface area contributed by atoms with Crippen molar-refractivity contribution in [2.75, 3.05) is 0 Å². The number of furan rings is 1. The number of nitrogens with one attached hydrogen (secondary N) is 1. The molecule has 1 aromatic heterocycles. The Hall–Kier alpha value is -1.23. The van der Waals surface area contributed by atoms with Gasteiger partial charge in [-0.3, -0.25) is 5.84 Å². The minimum Gasteiger partial charge on any atom is -0.457 e. The summed E-state index contributed by atoms with van der Waals surface area (Å²) in [5.41, 5.74) is 4.06. The Bertz CT molecular complexity index is 801. The Labute approximate surface area is 136 Å². The van der Waals surface area contributed by atoms with E-state index in [1.54, 1.807) is 24.3 Å². The second-order valence-corrected chi connectivity index (χ2v) is 5.82. The lowest BCUT2D eigenvalue weighted by molar-refractivity contribution is 0.477. The molecule has 2 aromatic carbocycles. The number of nitrogens with two attached hydrogens (primary N) is 1. The molecule has 3 nitrogen and oxygen atoms in total. The van der Waals surface area contributed by atoms with Gasteiger partial charge < -0.3 is 4.42 Å². The van der Waals surface area contributed by atoms with Crippen molar-refractivity contribution in [3.05, 3.63) is 68.9 Å². The molecule has 0 bridgehead atoms. The Morgan fingerprint density at radius 3 is 2.52 bits per heavy atom. The van der Waals surface area contributed by atoms with Crippen LogP contribution in [0, 0.1) is 0 Å². The summed E-state index contributed by atoms with van der Waals surface area (Å²) in [5.74, 6) is 6.29. The monoisotopic (exact) mass is 340 g/mol. The van der Waals surface area contributed by atoms with Crippen LogP contribution in [-0.2, 0) is 0 Å². The van der Waals surface area contributed by atoms with Crippen molar-refractivity contribution < 1.29 is 4.42 Å². The van der Waals surface area contributed by atoms with E-state index in [1.807, 2.05) is 18.2 Å². The average Bonchev–Trinajstić information content (AvgIpc) is 2.89. The van der Waals surface area contributed by atoms with Gasteiger partial charge in [0.25, 0.3) is 0 Å². The highest BCUT2D eigenvalue weighted by Crippen LogP contribution is 2.34. The zero-order chi connectivity index (χ0) is 15.0. The van der Waals surface area contributed by atoms with Crippen molar-refractivity contribution in [1.82, 2.24) is 5.43 Å². The third kappa shape index (κ3) is 2.76. The first-order chi connectivity index (χ1) is 10.1. The van der Waals surface area contributed by atoms with Crippen molar-refractivity contribution in [3.8, 4) is 0 Å². The number of halogens is 3. The first-order valence-electron chi connectivity index (χ1n) is 6.19. The number of hydrogen-bond acceptors (Lipinski definition) is 3. The fourth-order valence-electron chi connectivity index (χ4n) is 2.25. The Morgan fingerprint density at radius 1 is 1.00 bits per heavy atom. The molecule has 21 heavy (non-hydrogen) atoms. The lowest BCUT2D eigenvalue weighted by Gasteiger charge is -2.15. The molecule has 0 saturated heterocycles. The van der Waals surface area contributed by atoms with Crippen LogP contribution in [0.15, 0.2) is 46.9 Å². The maximum absolute atomic E-state index is 6.23. The van der Waals surface area contributed by atoms with E-state index in [0.717, 1.165) is 10.9 Å². The van der Waals surface area contributed by atoms with E-state index in [2.05, 4.69) is 5.43 Å². The summed E-state index contributed by atoms with van der Waals surface area (Å²) < 4.78 is 5.82. The zero-order valence-electron chi connectivity index (χ0n) is 10.7. The van der Waals surface area contributed by atoms with Gasteiger partial charge >= 0.3 is 0 Å². The van der Waals surface area contributed by atoms with Crippen LogP contribution in [0.5, 0.6) is 0 Å². The van der Waals surface area contributed by atoms with Gasteiger partial charge in [-0.25, -0.2) is 5.43 Å². The van der Waals surface area contributed by atoms with Crippen LogP contribution in [0.3, 0.4) is 0 Å². The van der Waals surface area contributed by atoms with Crippen molar-refractivity contribution >= 4 is 45.8 Å². The van der Waals surface area contributed by atoms with E-state index in [4.69, 9.17) is 45.1 Å². The molecule has 0 spiro atoms. The molecule has 3 rings (SSSR count). The summed E-state index contributed by atoms with van der Waals surface area (Å²) >= 11 is 18.4. The summed E-state index contributed by atoms with van der Waals surface area (Å²) in [7, 11) is 0. The molecule has 0 aliphatic rings. The van der Waals surface area contributed by atoms with Gasteiger partial charge in [-0.05, 0) is 35.9 Å². The molecule has 0 aliphatic carbocycles. The van der Waals surface area contributed by atoms with E-state index in [0.29, 0.717) is 26.4 Å². The van der Waals surface area contributed by atoms with Crippen LogP contribution in [0.4, 0.5) is 0 Å². The molecule has 1 unspecified atom stereocenters. The summed E-state index contributed by atoms with van der Waals surface area (Å²) in [6, 6.07) is 12.2. The maximum Gasteiger partial charge on any atom is 0.152 e. The van der Waals surface area contributed by atoms with Crippen LogP contribution in [0.25, 0.3) is 11.0 Å². The number of hydrogen-bond donors (Lipinski definition) is 2. The van der Waals surface area contributed by atoms with E-state index in [9.17, 15) is 0 Å². The number of benzene rings is 2. The van der Waals surface area contributed by atoms with Crippen LogP contribution < -0.4 is 11.3 Å². The summed E-state index contributed by atoms with van der Waals surface area (Å²) in [4.78, 5) is 0. The molecule has 1 atom stereocenters. The third-order valence-electron chi connectivity index (χ3n) is 3.24. The maximum atomic E-state index is 6.23. The van der Waals surface area contributed by atoms with Gasteiger partial charge in [-0.15, -0.1) is 0 Å². The van der Waals surface area contributed by atoms with Gasteiger partial charge in [-0.2, -0.15) is 0 Å². The molecule has 108 valence electrons. The highest BCUT2D eigenvalue weighted by Gasteiger charge is 2.20. The van der Waals surface area contributed by atoms with Gasteiger partial charge in [-0.1, -0.05) is 46.9 Å². The summed E-state index contributed by atoms with van der Waals surface area (Å²) in [5, 5.41) is 2.57. The van der Waals surface area contributed by atoms with Crippen LogP contribution >= 0.6 is 34.8 Å².